The molecule has 0 radical (unpaired) electrons. The van der Waals surface area contributed by atoms with E-state index >= 15 is 0 Å². The molecular formula is C12H19N3O. The van der Waals surface area contributed by atoms with Gasteiger partial charge in [-0.1, -0.05) is 6.92 Å². The summed E-state index contributed by atoms with van der Waals surface area (Å²) in [5.74, 6) is 0.118. The van der Waals surface area contributed by atoms with E-state index in [0.717, 1.165) is 36.6 Å². The molecule has 0 aromatic carbocycles. The highest BCUT2D eigenvalue weighted by atomic mass is 16.1. The van der Waals surface area contributed by atoms with Crippen molar-refractivity contribution in [1.29, 1.82) is 0 Å². The van der Waals surface area contributed by atoms with Gasteiger partial charge in [0.2, 0.25) is 0 Å². The number of nitrogens with zero attached hydrogens (tertiary/aromatic N) is 3. The first-order valence-electron chi connectivity index (χ1n) is 5.83. The van der Waals surface area contributed by atoms with E-state index in [0.29, 0.717) is 6.04 Å². The van der Waals surface area contributed by atoms with Gasteiger partial charge in [0.1, 0.15) is 0 Å². The van der Waals surface area contributed by atoms with Crippen LogP contribution in [0.2, 0.25) is 0 Å². The minimum absolute atomic E-state index is 0.118. The Kier molecular flexibility index (Phi) is 2.84. The van der Waals surface area contributed by atoms with Crippen molar-refractivity contribution in [3.05, 3.63) is 17.0 Å². The number of aryl methyl sites for hydroxylation is 1. The highest BCUT2D eigenvalue weighted by Crippen LogP contribution is 2.24. The average molecular weight is 221 g/mol. The van der Waals surface area contributed by atoms with Crippen molar-refractivity contribution < 1.29 is 4.79 Å². The van der Waals surface area contributed by atoms with Gasteiger partial charge in [0, 0.05) is 18.8 Å². The van der Waals surface area contributed by atoms with Crippen molar-refractivity contribution in [2.45, 2.75) is 33.7 Å². The van der Waals surface area contributed by atoms with Gasteiger partial charge in [-0.2, -0.15) is 5.10 Å². The Morgan fingerprint density at radius 3 is 2.50 bits per heavy atom. The Labute approximate surface area is 96.2 Å². The molecule has 0 spiro atoms. The van der Waals surface area contributed by atoms with E-state index in [1.807, 2.05) is 18.5 Å². The first-order valence-corrected chi connectivity index (χ1v) is 5.83. The number of hydrogen-bond donors (Lipinski definition) is 0. The molecular weight excluding hydrogens is 202 g/mol. The van der Waals surface area contributed by atoms with Crippen LogP contribution in [0.5, 0.6) is 0 Å². The van der Waals surface area contributed by atoms with Crippen LogP contribution in [0.1, 0.15) is 41.6 Å². The largest absolute Gasteiger partial charge is 0.299 e. The summed E-state index contributed by atoms with van der Waals surface area (Å²) in [4.78, 5) is 13.9. The summed E-state index contributed by atoms with van der Waals surface area (Å²) >= 11 is 0. The van der Waals surface area contributed by atoms with Crippen LogP contribution in [0, 0.1) is 13.8 Å². The van der Waals surface area contributed by atoms with Crippen molar-refractivity contribution in [2.75, 3.05) is 19.6 Å². The smallest absolute Gasteiger partial charge is 0.163 e. The number of Topliss-reactive ketones (excluding diaryl/α,β-unsaturated/α-hetero) is 1. The van der Waals surface area contributed by atoms with Crippen LogP contribution in [0.15, 0.2) is 0 Å². The summed E-state index contributed by atoms with van der Waals surface area (Å²) < 4.78 is 2.03. The van der Waals surface area contributed by atoms with E-state index in [-0.39, 0.29) is 5.78 Å². The molecule has 1 fully saturated rings. The molecule has 0 amide bonds. The average Bonchev–Trinajstić information content (AvgIpc) is 2.40. The fourth-order valence-electron chi connectivity index (χ4n) is 2.48. The lowest BCUT2D eigenvalue weighted by molar-refractivity contribution is 0.100. The fraction of sp³-hybridized carbons (Fsp3) is 0.667. The van der Waals surface area contributed by atoms with Gasteiger partial charge in [-0.3, -0.25) is 14.4 Å². The molecule has 16 heavy (non-hydrogen) atoms. The number of carbonyl (C=O) groups excluding carboxylic acids is 1. The van der Waals surface area contributed by atoms with E-state index < -0.39 is 0 Å². The minimum Gasteiger partial charge on any atom is -0.299 e. The third-order valence-electron chi connectivity index (χ3n) is 3.41. The fourth-order valence-corrected chi connectivity index (χ4v) is 2.48. The maximum absolute atomic E-state index is 11.5. The molecule has 2 rings (SSSR count). The van der Waals surface area contributed by atoms with E-state index in [2.05, 4.69) is 16.9 Å². The zero-order valence-corrected chi connectivity index (χ0v) is 10.4. The highest BCUT2D eigenvalue weighted by molar-refractivity contribution is 5.96. The number of hydrogen-bond acceptors (Lipinski definition) is 3. The molecule has 0 unspecified atom stereocenters. The third kappa shape index (κ3) is 1.67. The van der Waals surface area contributed by atoms with Crippen LogP contribution in [0.25, 0.3) is 0 Å². The molecule has 0 bridgehead atoms. The first-order chi connectivity index (χ1) is 7.54. The first kappa shape index (κ1) is 11.3. The van der Waals surface area contributed by atoms with Crippen molar-refractivity contribution in [3.8, 4) is 0 Å². The second-order valence-electron chi connectivity index (χ2n) is 4.55. The van der Waals surface area contributed by atoms with E-state index in [9.17, 15) is 4.79 Å². The molecule has 0 aliphatic carbocycles. The van der Waals surface area contributed by atoms with Gasteiger partial charge in [0.05, 0.1) is 17.3 Å². The molecule has 0 N–H and O–H groups in total. The van der Waals surface area contributed by atoms with Crippen molar-refractivity contribution >= 4 is 5.78 Å². The van der Waals surface area contributed by atoms with Crippen LogP contribution in [0.3, 0.4) is 0 Å². The number of likely N-dealkylation sites (tertiary alicyclic amines) is 1. The molecule has 2 heterocycles. The maximum atomic E-state index is 11.5. The van der Waals surface area contributed by atoms with Crippen molar-refractivity contribution in [2.24, 2.45) is 0 Å². The Balaban J connectivity index is 2.24. The second kappa shape index (κ2) is 4.01. The normalized spacial score (nSPS) is 17.5. The molecule has 1 saturated heterocycles. The Bertz CT molecular complexity index is 416. The monoisotopic (exact) mass is 221 g/mol. The van der Waals surface area contributed by atoms with Crippen LogP contribution in [0.4, 0.5) is 0 Å². The van der Waals surface area contributed by atoms with Gasteiger partial charge in [-0.05, 0) is 27.3 Å². The lowest BCUT2D eigenvalue weighted by Gasteiger charge is -2.39. The number of aromatic nitrogens is 2. The summed E-state index contributed by atoms with van der Waals surface area (Å²) in [6, 6.07) is 0.451. The Morgan fingerprint density at radius 1 is 1.44 bits per heavy atom. The summed E-state index contributed by atoms with van der Waals surface area (Å²) in [6.07, 6.45) is 0. The van der Waals surface area contributed by atoms with Crippen LogP contribution >= 0.6 is 0 Å². The van der Waals surface area contributed by atoms with E-state index in [1.54, 1.807) is 6.92 Å². The quantitative estimate of drug-likeness (QED) is 0.727. The molecule has 1 aliphatic heterocycles. The van der Waals surface area contributed by atoms with Crippen LogP contribution in [-0.4, -0.2) is 40.1 Å². The number of carbonyl (C=O) groups is 1. The van der Waals surface area contributed by atoms with Gasteiger partial charge in [-0.25, -0.2) is 0 Å². The molecule has 0 saturated carbocycles. The standard InChI is InChI=1S/C12H19N3O/c1-5-14-6-11(7-14)15-9(3)12(10(4)16)8(2)13-15/h11H,5-7H2,1-4H3. The lowest BCUT2D eigenvalue weighted by Crippen LogP contribution is -2.47. The predicted octanol–water partition coefficient (Wildman–Crippen LogP) is 1.58. The predicted molar refractivity (Wildman–Crippen MR) is 62.9 cm³/mol. The molecule has 1 aromatic rings. The molecule has 1 aromatic heterocycles. The van der Waals surface area contributed by atoms with Crippen molar-refractivity contribution in [3.63, 3.8) is 0 Å². The molecule has 1 aliphatic rings. The SMILES string of the molecule is CCN1CC(n2nc(C)c(C(C)=O)c2C)C1. The number of rotatable bonds is 3. The lowest BCUT2D eigenvalue weighted by atomic mass is 10.1. The third-order valence-corrected chi connectivity index (χ3v) is 3.41. The van der Waals surface area contributed by atoms with Gasteiger partial charge >= 0.3 is 0 Å². The minimum atomic E-state index is 0.118. The Morgan fingerprint density at radius 2 is 2.06 bits per heavy atom. The summed E-state index contributed by atoms with van der Waals surface area (Å²) in [5.41, 5.74) is 2.68. The van der Waals surface area contributed by atoms with Gasteiger partial charge < -0.3 is 0 Å². The summed E-state index contributed by atoms with van der Waals surface area (Å²) in [5, 5.41) is 4.49. The number of likely N-dealkylation sites (N-methyl/N-ethyl adjacent to an activating group) is 1. The van der Waals surface area contributed by atoms with Gasteiger partial charge in [0.25, 0.3) is 0 Å². The topological polar surface area (TPSA) is 38.1 Å². The van der Waals surface area contributed by atoms with Crippen molar-refractivity contribution in [1.82, 2.24) is 14.7 Å². The molecule has 88 valence electrons. The Hall–Kier alpha value is -1.16. The zero-order chi connectivity index (χ0) is 11.9. The molecule has 4 nitrogen and oxygen atoms in total. The van der Waals surface area contributed by atoms with Crippen LogP contribution in [-0.2, 0) is 0 Å². The summed E-state index contributed by atoms with van der Waals surface area (Å²) in [7, 11) is 0. The number of ketones is 1. The second-order valence-corrected chi connectivity index (χ2v) is 4.55. The maximum Gasteiger partial charge on any atom is 0.163 e. The van der Waals surface area contributed by atoms with Crippen LogP contribution < -0.4 is 0 Å². The zero-order valence-electron chi connectivity index (χ0n) is 10.4. The van der Waals surface area contributed by atoms with E-state index in [1.165, 1.54) is 0 Å². The van der Waals surface area contributed by atoms with E-state index in [4.69, 9.17) is 0 Å². The summed E-state index contributed by atoms with van der Waals surface area (Å²) in [6.45, 7) is 10.9. The molecule has 0 atom stereocenters. The van der Waals surface area contributed by atoms with Gasteiger partial charge in [-0.15, -0.1) is 0 Å². The molecule has 4 heteroatoms. The van der Waals surface area contributed by atoms with Gasteiger partial charge in [0.15, 0.2) is 5.78 Å². The highest BCUT2D eigenvalue weighted by Gasteiger charge is 2.30.